The van der Waals surface area contributed by atoms with E-state index in [2.05, 4.69) is 76.4 Å². The zero-order valence-corrected chi connectivity index (χ0v) is 21.8. The van der Waals surface area contributed by atoms with E-state index < -0.39 is 0 Å². The second-order valence-electron chi connectivity index (χ2n) is 8.44. The molecule has 1 N–H and O–H groups in total. The van der Waals surface area contributed by atoms with Crippen molar-refractivity contribution in [2.45, 2.75) is 38.1 Å². The van der Waals surface area contributed by atoms with Crippen LogP contribution < -0.4 is 5.32 Å². The summed E-state index contributed by atoms with van der Waals surface area (Å²) < 4.78 is 12.1. The second kappa shape index (κ2) is 13.6. The summed E-state index contributed by atoms with van der Waals surface area (Å²) in [6.07, 6.45) is 1.42. The number of halogens is 1. The Kier molecular flexibility index (Phi) is 11.5. The molecule has 2 aliphatic heterocycles. The molecule has 176 valence electrons. The van der Waals surface area contributed by atoms with Crippen LogP contribution >= 0.6 is 24.0 Å². The molecule has 0 amide bonds. The van der Waals surface area contributed by atoms with Gasteiger partial charge >= 0.3 is 0 Å². The van der Waals surface area contributed by atoms with Crippen molar-refractivity contribution in [2.75, 3.05) is 67.1 Å². The molecule has 1 aromatic carbocycles. The Hall–Kier alpha value is -0.940. The maximum Gasteiger partial charge on any atom is 0.193 e. The average Bonchev–Trinajstić information content (AvgIpc) is 3.18. The number of rotatable bonds is 9. The van der Waals surface area contributed by atoms with Crippen LogP contribution in [0.15, 0.2) is 35.3 Å². The second-order valence-corrected chi connectivity index (χ2v) is 8.44. The number of morpholine rings is 1. The highest BCUT2D eigenvalue weighted by Gasteiger charge is 2.41. The van der Waals surface area contributed by atoms with Gasteiger partial charge in [0.15, 0.2) is 5.96 Å². The van der Waals surface area contributed by atoms with Crippen LogP contribution in [0.5, 0.6) is 0 Å². The van der Waals surface area contributed by atoms with Crippen LogP contribution in [0.25, 0.3) is 0 Å². The summed E-state index contributed by atoms with van der Waals surface area (Å²) in [4.78, 5) is 11.7. The van der Waals surface area contributed by atoms with Gasteiger partial charge in [-0.25, -0.2) is 0 Å². The molecule has 7 nitrogen and oxygen atoms in total. The van der Waals surface area contributed by atoms with Crippen molar-refractivity contribution in [3.8, 4) is 0 Å². The Morgan fingerprint density at radius 3 is 2.74 bits per heavy atom. The van der Waals surface area contributed by atoms with E-state index in [1.165, 1.54) is 5.56 Å². The number of fused-ring (bicyclic) bond motifs is 1. The first-order valence-electron chi connectivity index (χ1n) is 11.2. The van der Waals surface area contributed by atoms with Gasteiger partial charge in [0.1, 0.15) is 0 Å². The Bertz CT molecular complexity index is 661. The molecule has 2 aliphatic rings. The van der Waals surface area contributed by atoms with Crippen molar-refractivity contribution in [3.05, 3.63) is 35.9 Å². The van der Waals surface area contributed by atoms with Crippen LogP contribution in [0.4, 0.5) is 0 Å². The highest BCUT2D eigenvalue weighted by Crippen LogP contribution is 2.24. The molecule has 0 saturated carbocycles. The van der Waals surface area contributed by atoms with Gasteiger partial charge in [0.05, 0.1) is 24.9 Å². The normalized spacial score (nSPS) is 22.9. The molecule has 8 heteroatoms. The fraction of sp³-hybridized carbons (Fsp3) is 0.696. The molecule has 3 atom stereocenters. The van der Waals surface area contributed by atoms with E-state index >= 15 is 0 Å². The molecule has 2 heterocycles. The quantitative estimate of drug-likeness (QED) is 0.292. The number of benzene rings is 1. The van der Waals surface area contributed by atoms with E-state index in [4.69, 9.17) is 9.47 Å². The zero-order chi connectivity index (χ0) is 21.3. The van der Waals surface area contributed by atoms with Gasteiger partial charge in [-0.1, -0.05) is 30.3 Å². The van der Waals surface area contributed by atoms with E-state index in [0.717, 1.165) is 64.9 Å². The number of nitrogens with one attached hydrogen (secondary N) is 1. The number of likely N-dealkylation sites (tertiary alicyclic amines) is 1. The molecular formula is C23H40IN5O2. The van der Waals surface area contributed by atoms with E-state index in [1.54, 1.807) is 0 Å². The van der Waals surface area contributed by atoms with Gasteiger partial charge in [-0.15, -0.1) is 24.0 Å². The summed E-state index contributed by atoms with van der Waals surface area (Å²) in [5.41, 5.74) is 1.36. The van der Waals surface area contributed by atoms with Crippen molar-refractivity contribution >= 4 is 29.9 Å². The molecule has 2 saturated heterocycles. The first-order valence-corrected chi connectivity index (χ1v) is 11.2. The summed E-state index contributed by atoms with van der Waals surface area (Å²) in [6, 6.07) is 11.1. The lowest BCUT2D eigenvalue weighted by atomic mass is 10.1. The molecule has 0 aromatic heterocycles. The number of guanidine groups is 1. The maximum atomic E-state index is 6.13. The van der Waals surface area contributed by atoms with E-state index in [-0.39, 0.29) is 36.2 Å². The lowest BCUT2D eigenvalue weighted by Crippen LogP contribution is -2.50. The molecule has 0 spiro atoms. The average molecular weight is 546 g/mol. The minimum Gasteiger partial charge on any atom is -0.377 e. The third-order valence-corrected chi connectivity index (χ3v) is 5.94. The van der Waals surface area contributed by atoms with E-state index in [0.29, 0.717) is 6.04 Å². The topological polar surface area (TPSA) is 52.6 Å². The smallest absolute Gasteiger partial charge is 0.193 e. The van der Waals surface area contributed by atoms with Crippen LogP contribution in [-0.4, -0.2) is 106 Å². The van der Waals surface area contributed by atoms with Crippen LogP contribution in [0.2, 0.25) is 0 Å². The monoisotopic (exact) mass is 545 g/mol. The number of nitrogens with zero attached hydrogens (tertiary/aromatic N) is 4. The predicted octanol–water partition coefficient (Wildman–Crippen LogP) is 2.12. The molecule has 0 aliphatic carbocycles. The Balaban J connectivity index is 0.00000341. The van der Waals surface area contributed by atoms with Crippen molar-refractivity contribution < 1.29 is 9.47 Å². The minimum absolute atomic E-state index is 0. The van der Waals surface area contributed by atoms with Crippen molar-refractivity contribution in [1.29, 1.82) is 0 Å². The van der Waals surface area contributed by atoms with Crippen LogP contribution in [0.1, 0.15) is 18.9 Å². The molecule has 0 bridgehead atoms. The first kappa shape index (κ1) is 26.3. The van der Waals surface area contributed by atoms with E-state index in [1.807, 2.05) is 7.05 Å². The lowest BCUT2D eigenvalue weighted by Gasteiger charge is -2.36. The van der Waals surface area contributed by atoms with Gasteiger partial charge < -0.3 is 24.6 Å². The highest BCUT2D eigenvalue weighted by atomic mass is 127. The molecule has 3 unspecified atom stereocenters. The summed E-state index contributed by atoms with van der Waals surface area (Å²) >= 11 is 0. The number of aliphatic imine (C=N–C) groups is 1. The van der Waals surface area contributed by atoms with Gasteiger partial charge in [0, 0.05) is 52.9 Å². The molecule has 31 heavy (non-hydrogen) atoms. The van der Waals surface area contributed by atoms with Gasteiger partial charge in [-0.3, -0.25) is 9.89 Å². The summed E-state index contributed by atoms with van der Waals surface area (Å²) in [7, 11) is 6.06. The SMILES string of the molecule is CCOC(CCN(C)C)CNC(=NC)N1CC2OCCN(Cc3ccccc3)C2C1.I. The molecule has 3 rings (SSSR count). The van der Waals surface area contributed by atoms with Crippen molar-refractivity contribution in [2.24, 2.45) is 4.99 Å². The fourth-order valence-corrected chi connectivity index (χ4v) is 4.37. The van der Waals surface area contributed by atoms with E-state index in [9.17, 15) is 0 Å². The molecule has 0 radical (unpaired) electrons. The number of hydrogen-bond acceptors (Lipinski definition) is 5. The highest BCUT2D eigenvalue weighted by molar-refractivity contribution is 14.0. The largest absolute Gasteiger partial charge is 0.377 e. The molecule has 1 aromatic rings. The Morgan fingerprint density at radius 1 is 1.29 bits per heavy atom. The van der Waals surface area contributed by atoms with Crippen molar-refractivity contribution in [1.82, 2.24) is 20.0 Å². The molecular weight excluding hydrogens is 505 g/mol. The lowest BCUT2D eigenvalue weighted by molar-refractivity contribution is -0.0502. The Morgan fingerprint density at radius 2 is 2.06 bits per heavy atom. The third kappa shape index (κ3) is 7.85. The van der Waals surface area contributed by atoms with Gasteiger partial charge in [0.25, 0.3) is 0 Å². The third-order valence-electron chi connectivity index (χ3n) is 5.94. The summed E-state index contributed by atoms with van der Waals surface area (Å²) in [6.45, 7) is 9.15. The first-order chi connectivity index (χ1) is 14.6. The maximum absolute atomic E-state index is 6.13. The van der Waals surface area contributed by atoms with Crippen LogP contribution in [-0.2, 0) is 16.0 Å². The van der Waals surface area contributed by atoms with Gasteiger partial charge in [-0.05, 0) is 33.0 Å². The van der Waals surface area contributed by atoms with Gasteiger partial charge in [-0.2, -0.15) is 0 Å². The summed E-state index contributed by atoms with van der Waals surface area (Å²) in [5, 5.41) is 3.55. The Labute approximate surface area is 205 Å². The standard InChI is InChI=1S/C23H39N5O2.HI/c1-5-29-20(11-12-26(3)4)15-25-23(24-2)28-17-21-22(18-28)30-14-13-27(21)16-19-9-7-6-8-10-19;/h6-10,20-22H,5,11-18H2,1-4H3,(H,24,25);1H. The minimum atomic E-state index is 0. The number of ether oxygens (including phenoxy) is 2. The molecule has 2 fully saturated rings. The van der Waals surface area contributed by atoms with Crippen LogP contribution in [0, 0.1) is 0 Å². The van der Waals surface area contributed by atoms with Crippen LogP contribution in [0.3, 0.4) is 0 Å². The predicted molar refractivity (Wildman–Crippen MR) is 137 cm³/mol. The number of hydrogen-bond donors (Lipinski definition) is 1. The zero-order valence-electron chi connectivity index (χ0n) is 19.5. The van der Waals surface area contributed by atoms with Gasteiger partial charge in [0.2, 0.25) is 0 Å². The van der Waals surface area contributed by atoms with Crippen molar-refractivity contribution in [3.63, 3.8) is 0 Å². The fourth-order valence-electron chi connectivity index (χ4n) is 4.37. The summed E-state index contributed by atoms with van der Waals surface area (Å²) in [5.74, 6) is 0.946.